The zero-order valence-electron chi connectivity index (χ0n) is 11.7. The van der Waals surface area contributed by atoms with Gasteiger partial charge in [-0.2, -0.15) is 0 Å². The zero-order valence-corrected chi connectivity index (χ0v) is 11.7. The summed E-state index contributed by atoms with van der Waals surface area (Å²) in [6.45, 7) is 5.68. The molecular weight excluding hydrogens is 262 g/mol. The third kappa shape index (κ3) is 3.54. The van der Waals surface area contributed by atoms with Gasteiger partial charge in [0.05, 0.1) is 6.61 Å². The van der Waals surface area contributed by atoms with E-state index in [1.807, 2.05) is 13.0 Å². The molecule has 0 aromatic heterocycles. The molecule has 110 valence electrons. The van der Waals surface area contributed by atoms with Gasteiger partial charge in [-0.3, -0.25) is 0 Å². The van der Waals surface area contributed by atoms with Crippen molar-refractivity contribution in [2.45, 2.75) is 20.4 Å². The van der Waals surface area contributed by atoms with Crippen LogP contribution in [0.5, 0.6) is 17.2 Å². The van der Waals surface area contributed by atoms with E-state index in [9.17, 15) is 4.79 Å². The molecule has 6 nitrogen and oxygen atoms in total. The van der Waals surface area contributed by atoms with Crippen LogP contribution in [0.15, 0.2) is 12.1 Å². The lowest BCUT2D eigenvalue weighted by molar-refractivity contribution is -0.145. The maximum absolute atomic E-state index is 11.4. The number of esters is 1. The van der Waals surface area contributed by atoms with Crippen molar-refractivity contribution >= 4 is 5.97 Å². The zero-order chi connectivity index (χ0) is 14.4. The number of hydrogen-bond acceptors (Lipinski definition) is 6. The first-order valence-electron chi connectivity index (χ1n) is 6.66. The van der Waals surface area contributed by atoms with Crippen LogP contribution in [-0.2, 0) is 16.1 Å². The van der Waals surface area contributed by atoms with Gasteiger partial charge < -0.3 is 24.3 Å². The third-order valence-electron chi connectivity index (χ3n) is 2.77. The molecule has 1 aromatic carbocycles. The Labute approximate surface area is 118 Å². The lowest BCUT2D eigenvalue weighted by Gasteiger charge is -2.12. The van der Waals surface area contributed by atoms with E-state index in [0.717, 1.165) is 12.1 Å². The molecule has 1 aliphatic rings. The molecule has 0 unspecified atom stereocenters. The fourth-order valence-electron chi connectivity index (χ4n) is 1.84. The highest BCUT2D eigenvalue weighted by atomic mass is 16.7. The van der Waals surface area contributed by atoms with Crippen LogP contribution in [-0.4, -0.2) is 32.5 Å². The van der Waals surface area contributed by atoms with Gasteiger partial charge in [0.25, 0.3) is 0 Å². The van der Waals surface area contributed by atoms with E-state index in [0.29, 0.717) is 30.4 Å². The van der Waals surface area contributed by atoms with Gasteiger partial charge in [0, 0.05) is 18.2 Å². The minimum atomic E-state index is -0.389. The van der Waals surface area contributed by atoms with Gasteiger partial charge in [-0.15, -0.1) is 0 Å². The van der Waals surface area contributed by atoms with Gasteiger partial charge in [-0.1, -0.05) is 6.92 Å². The van der Waals surface area contributed by atoms with Crippen LogP contribution in [0, 0.1) is 0 Å². The van der Waals surface area contributed by atoms with Crippen LogP contribution in [0.25, 0.3) is 0 Å². The van der Waals surface area contributed by atoms with E-state index >= 15 is 0 Å². The Morgan fingerprint density at radius 2 is 2.05 bits per heavy atom. The van der Waals surface area contributed by atoms with Gasteiger partial charge in [-0.25, -0.2) is 4.79 Å². The van der Waals surface area contributed by atoms with E-state index < -0.39 is 0 Å². The molecule has 20 heavy (non-hydrogen) atoms. The lowest BCUT2D eigenvalue weighted by Crippen LogP contribution is -2.17. The van der Waals surface area contributed by atoms with Gasteiger partial charge >= 0.3 is 5.97 Å². The van der Waals surface area contributed by atoms with E-state index in [2.05, 4.69) is 5.32 Å². The Balaban J connectivity index is 2.10. The highest BCUT2D eigenvalue weighted by Gasteiger charge is 2.18. The summed E-state index contributed by atoms with van der Waals surface area (Å²) in [4.78, 5) is 11.4. The van der Waals surface area contributed by atoms with E-state index in [-0.39, 0.29) is 19.4 Å². The van der Waals surface area contributed by atoms with Crippen molar-refractivity contribution < 1.29 is 23.7 Å². The first-order valence-corrected chi connectivity index (χ1v) is 6.66. The SMILES string of the molecule is CCNCc1cc2c(cc1OCC(=O)OCC)OCO2. The monoisotopic (exact) mass is 281 g/mol. The van der Waals surface area contributed by atoms with Crippen LogP contribution in [0.1, 0.15) is 19.4 Å². The Morgan fingerprint density at radius 1 is 1.30 bits per heavy atom. The number of fused-ring (bicyclic) bond motifs is 1. The van der Waals surface area contributed by atoms with Crippen LogP contribution in [0.2, 0.25) is 0 Å². The minimum absolute atomic E-state index is 0.118. The first-order chi connectivity index (χ1) is 9.74. The number of carbonyl (C=O) groups excluding carboxylic acids is 1. The van der Waals surface area contributed by atoms with Crippen molar-refractivity contribution in [2.24, 2.45) is 0 Å². The van der Waals surface area contributed by atoms with Crippen LogP contribution in [0.3, 0.4) is 0 Å². The molecule has 6 heteroatoms. The molecule has 0 fully saturated rings. The summed E-state index contributed by atoms with van der Waals surface area (Å²) < 4.78 is 21.0. The van der Waals surface area contributed by atoms with Crippen LogP contribution in [0.4, 0.5) is 0 Å². The quantitative estimate of drug-likeness (QED) is 0.763. The highest BCUT2D eigenvalue weighted by Crippen LogP contribution is 2.38. The molecule has 1 aromatic rings. The smallest absolute Gasteiger partial charge is 0.344 e. The molecule has 0 saturated heterocycles. The van der Waals surface area contributed by atoms with Gasteiger partial charge in [0.15, 0.2) is 18.1 Å². The Kier molecular flexibility index (Phi) is 5.06. The van der Waals surface area contributed by atoms with Gasteiger partial charge in [-0.05, 0) is 19.5 Å². The number of ether oxygens (including phenoxy) is 4. The van der Waals surface area contributed by atoms with Crippen molar-refractivity contribution in [3.8, 4) is 17.2 Å². The highest BCUT2D eigenvalue weighted by molar-refractivity contribution is 5.71. The number of rotatable bonds is 7. The molecule has 0 atom stereocenters. The van der Waals surface area contributed by atoms with Crippen LogP contribution < -0.4 is 19.5 Å². The summed E-state index contributed by atoms with van der Waals surface area (Å²) in [5, 5.41) is 3.22. The predicted octanol–water partition coefficient (Wildman–Crippen LogP) is 1.47. The van der Waals surface area contributed by atoms with Gasteiger partial charge in [0.2, 0.25) is 6.79 Å². The fourth-order valence-corrected chi connectivity index (χ4v) is 1.84. The Hall–Kier alpha value is -1.95. The molecule has 1 aliphatic heterocycles. The second-order valence-corrected chi connectivity index (χ2v) is 4.19. The normalized spacial score (nSPS) is 12.3. The number of nitrogens with one attached hydrogen (secondary N) is 1. The standard InChI is InChI=1S/C14H19NO5/c1-3-15-7-10-5-12-13(20-9-19-12)6-11(10)18-8-14(16)17-4-2/h5-6,15H,3-4,7-9H2,1-2H3. The largest absolute Gasteiger partial charge is 0.481 e. The number of hydrogen-bond donors (Lipinski definition) is 1. The maximum Gasteiger partial charge on any atom is 0.344 e. The molecule has 0 spiro atoms. The first kappa shape index (κ1) is 14.5. The summed E-state index contributed by atoms with van der Waals surface area (Å²) in [6.07, 6.45) is 0. The predicted molar refractivity (Wildman–Crippen MR) is 72.1 cm³/mol. The molecule has 1 heterocycles. The average molecular weight is 281 g/mol. The molecular formula is C14H19NO5. The summed E-state index contributed by atoms with van der Waals surface area (Å²) in [6, 6.07) is 3.61. The molecule has 0 saturated carbocycles. The summed E-state index contributed by atoms with van der Waals surface area (Å²) in [7, 11) is 0. The number of carbonyl (C=O) groups is 1. The summed E-state index contributed by atoms with van der Waals surface area (Å²) in [5.41, 5.74) is 0.917. The van der Waals surface area contributed by atoms with Crippen molar-refractivity contribution in [3.63, 3.8) is 0 Å². The Morgan fingerprint density at radius 3 is 2.75 bits per heavy atom. The van der Waals surface area contributed by atoms with Crippen molar-refractivity contribution in [1.82, 2.24) is 5.32 Å². The average Bonchev–Trinajstić information content (AvgIpc) is 2.89. The summed E-state index contributed by atoms with van der Waals surface area (Å²) >= 11 is 0. The van der Waals surface area contributed by atoms with E-state index in [1.165, 1.54) is 0 Å². The fraction of sp³-hybridized carbons (Fsp3) is 0.500. The van der Waals surface area contributed by atoms with Crippen molar-refractivity contribution in [2.75, 3.05) is 26.6 Å². The van der Waals surface area contributed by atoms with Crippen LogP contribution >= 0.6 is 0 Å². The Bertz CT molecular complexity index is 475. The summed E-state index contributed by atoms with van der Waals surface area (Å²) in [5.74, 6) is 1.54. The molecule has 0 amide bonds. The van der Waals surface area contributed by atoms with Crippen molar-refractivity contribution in [1.29, 1.82) is 0 Å². The topological polar surface area (TPSA) is 66.0 Å². The second-order valence-electron chi connectivity index (χ2n) is 4.19. The molecule has 1 N–H and O–H groups in total. The second kappa shape index (κ2) is 7.00. The minimum Gasteiger partial charge on any atom is -0.481 e. The molecule has 0 aliphatic carbocycles. The molecule has 2 rings (SSSR count). The lowest BCUT2D eigenvalue weighted by atomic mass is 10.1. The van der Waals surface area contributed by atoms with Gasteiger partial charge in [0.1, 0.15) is 5.75 Å². The third-order valence-corrected chi connectivity index (χ3v) is 2.77. The molecule has 0 radical (unpaired) electrons. The van der Waals surface area contributed by atoms with E-state index in [1.54, 1.807) is 13.0 Å². The van der Waals surface area contributed by atoms with Crippen molar-refractivity contribution in [3.05, 3.63) is 17.7 Å². The number of benzene rings is 1. The maximum atomic E-state index is 11.4. The van der Waals surface area contributed by atoms with E-state index in [4.69, 9.17) is 18.9 Å². The molecule has 0 bridgehead atoms.